The minimum atomic E-state index is -0.0400. The normalized spacial score (nSPS) is 63.1. The second-order valence-corrected chi connectivity index (χ2v) is 15.1. The van der Waals surface area contributed by atoms with Crippen molar-refractivity contribution in [3.05, 3.63) is 0 Å². The Morgan fingerprint density at radius 2 is 1.32 bits per heavy atom. The van der Waals surface area contributed by atoms with Gasteiger partial charge in [0.05, 0.1) is 61.5 Å². The van der Waals surface area contributed by atoms with Gasteiger partial charge >= 0.3 is 0 Å². The molecule has 0 N–H and O–H groups in total. The fraction of sp³-hybridized carbons (Fsp3) is 1.00. The van der Waals surface area contributed by atoms with Gasteiger partial charge in [0.25, 0.3) is 0 Å². The second kappa shape index (κ2) is 8.16. The maximum atomic E-state index is 6.88. The van der Waals surface area contributed by atoms with Gasteiger partial charge in [0.1, 0.15) is 0 Å². The first kappa shape index (κ1) is 23.5. The Kier molecular flexibility index (Phi) is 5.18. The molecule has 9 fully saturated rings. The number of hydrogen-bond acceptors (Lipinski definition) is 6. The molecule has 6 heteroatoms. The van der Waals surface area contributed by atoms with Gasteiger partial charge in [0, 0.05) is 17.3 Å². The van der Waals surface area contributed by atoms with Gasteiger partial charge in [0.2, 0.25) is 0 Å². The monoisotopic (exact) mass is 514 g/mol. The van der Waals surface area contributed by atoms with Crippen LogP contribution < -0.4 is 0 Å². The quantitative estimate of drug-likeness (QED) is 0.488. The molecule has 4 aliphatic carbocycles. The Morgan fingerprint density at radius 3 is 2.08 bits per heavy atom. The largest absolute Gasteiger partial charge is 0.370 e. The van der Waals surface area contributed by atoms with Crippen molar-refractivity contribution in [1.82, 2.24) is 0 Å². The molecule has 0 aromatic heterocycles. The van der Waals surface area contributed by atoms with E-state index in [9.17, 15) is 0 Å². The van der Waals surface area contributed by atoms with Crippen LogP contribution >= 0.6 is 0 Å². The van der Waals surface area contributed by atoms with Crippen LogP contribution in [0.3, 0.4) is 0 Å². The van der Waals surface area contributed by atoms with Crippen molar-refractivity contribution in [3.63, 3.8) is 0 Å². The number of fused-ring (bicyclic) bond motifs is 4. The molecule has 4 saturated carbocycles. The van der Waals surface area contributed by atoms with Crippen molar-refractivity contribution in [2.45, 2.75) is 139 Å². The molecule has 0 radical (unpaired) electrons. The van der Waals surface area contributed by atoms with Crippen LogP contribution in [-0.4, -0.2) is 67.8 Å². The van der Waals surface area contributed by atoms with Gasteiger partial charge in [-0.05, 0) is 94.3 Å². The van der Waals surface area contributed by atoms with Gasteiger partial charge in [-0.3, -0.25) is 0 Å². The van der Waals surface area contributed by atoms with E-state index in [1.165, 1.54) is 64.2 Å². The molecule has 5 heterocycles. The molecule has 1 spiro atoms. The van der Waals surface area contributed by atoms with E-state index in [-0.39, 0.29) is 17.3 Å². The highest BCUT2D eigenvalue weighted by molar-refractivity contribution is 5.18. The van der Waals surface area contributed by atoms with E-state index < -0.39 is 0 Å². The van der Waals surface area contributed by atoms with E-state index in [4.69, 9.17) is 28.4 Å². The smallest absolute Gasteiger partial charge is 0.160 e. The average molecular weight is 515 g/mol. The summed E-state index contributed by atoms with van der Waals surface area (Å²) in [6.07, 6.45) is 16.8. The molecular weight excluding hydrogens is 468 g/mol. The molecule has 0 aromatic carbocycles. The molecule has 14 unspecified atom stereocenters. The molecule has 206 valence electrons. The van der Waals surface area contributed by atoms with Crippen LogP contribution in [0.4, 0.5) is 0 Å². The maximum Gasteiger partial charge on any atom is 0.160 e. The predicted molar refractivity (Wildman–Crippen MR) is 135 cm³/mol. The van der Waals surface area contributed by atoms with Crippen LogP contribution in [0.5, 0.6) is 0 Å². The van der Waals surface area contributed by atoms with Crippen LogP contribution in [0, 0.1) is 40.9 Å². The molecule has 6 nitrogen and oxygen atoms in total. The fourth-order valence-electron chi connectivity index (χ4n) is 10.3. The Bertz CT molecular complexity index is 917. The molecule has 0 bridgehead atoms. The molecule has 0 amide bonds. The third kappa shape index (κ3) is 3.86. The zero-order chi connectivity index (χ0) is 24.5. The van der Waals surface area contributed by atoms with Gasteiger partial charge in [-0.15, -0.1) is 0 Å². The summed E-state index contributed by atoms with van der Waals surface area (Å²) in [5.41, 5.74) is 0.119. The van der Waals surface area contributed by atoms with E-state index in [1.807, 2.05) is 0 Å². The lowest BCUT2D eigenvalue weighted by Gasteiger charge is -2.52. The van der Waals surface area contributed by atoms with Crippen molar-refractivity contribution in [1.29, 1.82) is 0 Å². The Labute approximate surface area is 221 Å². The molecule has 9 aliphatic rings. The summed E-state index contributed by atoms with van der Waals surface area (Å²) in [5, 5.41) is 0. The van der Waals surface area contributed by atoms with Crippen molar-refractivity contribution >= 4 is 0 Å². The SMILES string of the molecule is CC1CC2OC2CC1CC1C2(CCC3OC31CC1CC3OC3CC1C)COC(C1CCC3OC3C1)OC2. The number of hydrogen-bond donors (Lipinski definition) is 0. The van der Waals surface area contributed by atoms with Gasteiger partial charge in [-0.2, -0.15) is 0 Å². The standard InChI is InChI=1S/C31H46O6/c1-16-7-22-25(35-22)10-19(16)12-27-30(14-32-29(33-15-30)18-3-4-21-24(9-18)34-21)6-5-28-31(27,37-28)13-20-11-26-23(36-26)8-17(20)2/h16-29H,3-15H2,1-2H3. The van der Waals surface area contributed by atoms with Crippen LogP contribution in [0.25, 0.3) is 0 Å². The molecule has 0 aromatic rings. The summed E-state index contributed by atoms with van der Waals surface area (Å²) in [6, 6.07) is 0. The zero-order valence-electron chi connectivity index (χ0n) is 22.7. The highest BCUT2D eigenvalue weighted by Gasteiger charge is 2.71. The minimum absolute atomic E-state index is 0.0271. The summed E-state index contributed by atoms with van der Waals surface area (Å²) in [7, 11) is 0. The van der Waals surface area contributed by atoms with Crippen molar-refractivity contribution < 1.29 is 28.4 Å². The Morgan fingerprint density at radius 1 is 0.676 bits per heavy atom. The van der Waals surface area contributed by atoms with Crippen molar-refractivity contribution in [3.8, 4) is 0 Å². The molecule has 14 atom stereocenters. The first-order valence-corrected chi connectivity index (χ1v) is 15.9. The topological polar surface area (TPSA) is 68.6 Å². The summed E-state index contributed by atoms with van der Waals surface area (Å²) in [4.78, 5) is 0. The van der Waals surface area contributed by atoms with Gasteiger partial charge in [-0.25, -0.2) is 0 Å². The Hall–Kier alpha value is -0.240. The minimum Gasteiger partial charge on any atom is -0.370 e. The summed E-state index contributed by atoms with van der Waals surface area (Å²) in [6.45, 7) is 6.64. The number of ether oxygens (including phenoxy) is 6. The third-order valence-corrected chi connectivity index (χ3v) is 13.0. The predicted octanol–water partition coefficient (Wildman–Crippen LogP) is 4.87. The Balaban J connectivity index is 0.972. The highest BCUT2D eigenvalue weighted by Crippen LogP contribution is 2.66. The summed E-state index contributed by atoms with van der Waals surface area (Å²) < 4.78 is 38.1. The fourth-order valence-corrected chi connectivity index (χ4v) is 10.3. The molecule has 9 rings (SSSR count). The highest BCUT2D eigenvalue weighted by atomic mass is 16.7. The molecular formula is C31H46O6. The van der Waals surface area contributed by atoms with Gasteiger partial charge < -0.3 is 28.4 Å². The summed E-state index contributed by atoms with van der Waals surface area (Å²) >= 11 is 0. The third-order valence-electron chi connectivity index (χ3n) is 13.0. The van der Waals surface area contributed by atoms with Crippen molar-refractivity contribution in [2.75, 3.05) is 13.2 Å². The van der Waals surface area contributed by atoms with E-state index >= 15 is 0 Å². The van der Waals surface area contributed by atoms with Crippen molar-refractivity contribution in [2.24, 2.45) is 40.9 Å². The lowest BCUT2D eigenvalue weighted by Crippen LogP contribution is -2.56. The molecule has 5 saturated heterocycles. The number of epoxide rings is 4. The van der Waals surface area contributed by atoms with Gasteiger partial charge in [0.15, 0.2) is 6.29 Å². The van der Waals surface area contributed by atoms with Crippen LogP contribution in [0.1, 0.15) is 84.5 Å². The van der Waals surface area contributed by atoms with Crippen LogP contribution in [0.15, 0.2) is 0 Å². The lowest BCUT2D eigenvalue weighted by atomic mass is 9.55. The number of rotatable bonds is 5. The van der Waals surface area contributed by atoms with E-state index in [0.717, 1.165) is 43.3 Å². The summed E-state index contributed by atoms with van der Waals surface area (Å²) in [5.74, 6) is 3.94. The zero-order valence-corrected chi connectivity index (χ0v) is 22.7. The first-order chi connectivity index (χ1) is 18.0. The van der Waals surface area contributed by atoms with E-state index in [2.05, 4.69) is 13.8 Å². The van der Waals surface area contributed by atoms with Crippen LogP contribution in [0.2, 0.25) is 0 Å². The maximum absolute atomic E-state index is 6.88. The van der Waals surface area contributed by atoms with Crippen LogP contribution in [-0.2, 0) is 28.4 Å². The average Bonchev–Trinajstić information content (AvgIpc) is 3.72. The van der Waals surface area contributed by atoms with E-state index in [0.29, 0.717) is 54.6 Å². The van der Waals surface area contributed by atoms with Gasteiger partial charge in [-0.1, -0.05) is 13.8 Å². The second-order valence-electron chi connectivity index (χ2n) is 15.1. The molecule has 37 heavy (non-hydrogen) atoms. The lowest BCUT2D eigenvalue weighted by molar-refractivity contribution is -0.272. The van der Waals surface area contributed by atoms with E-state index in [1.54, 1.807) is 0 Å². The molecule has 5 aliphatic heterocycles. The first-order valence-electron chi connectivity index (χ1n) is 15.9.